The van der Waals surface area contributed by atoms with E-state index >= 15 is 0 Å². The first-order chi connectivity index (χ1) is 10.0. The highest BCUT2D eigenvalue weighted by Gasteiger charge is 2.12. The summed E-state index contributed by atoms with van der Waals surface area (Å²) >= 11 is 7.06. The Morgan fingerprint density at radius 3 is 2.86 bits per heavy atom. The van der Waals surface area contributed by atoms with Crippen LogP contribution in [-0.2, 0) is 11.5 Å². The molecule has 0 spiro atoms. The van der Waals surface area contributed by atoms with Gasteiger partial charge in [-0.15, -0.1) is 10.2 Å². The highest BCUT2D eigenvalue weighted by atomic mass is 35.5. The van der Waals surface area contributed by atoms with E-state index in [-0.39, 0.29) is 18.0 Å². The summed E-state index contributed by atoms with van der Waals surface area (Å²) in [7, 11) is 0. The molecule has 0 aliphatic heterocycles. The van der Waals surface area contributed by atoms with Gasteiger partial charge in [-0.3, -0.25) is 4.79 Å². The van der Waals surface area contributed by atoms with Crippen LogP contribution < -0.4 is 5.56 Å². The summed E-state index contributed by atoms with van der Waals surface area (Å²) < 4.78 is 6.39. The standard InChI is InChI=1S/C13H12ClN3O3S/c1-8-11(18)17(13(21-2)16-15-8)7-20-12(19)9-4-3-5-10(14)6-9/h3-6H,7H2,1-2H3. The van der Waals surface area contributed by atoms with Gasteiger partial charge in [0.2, 0.25) is 0 Å². The van der Waals surface area contributed by atoms with Gasteiger partial charge in [-0.25, -0.2) is 9.36 Å². The van der Waals surface area contributed by atoms with Crippen molar-refractivity contribution in [3.05, 3.63) is 50.9 Å². The molecule has 1 heterocycles. The van der Waals surface area contributed by atoms with Crippen molar-refractivity contribution in [2.45, 2.75) is 18.8 Å². The van der Waals surface area contributed by atoms with Crippen LogP contribution in [0, 0.1) is 6.92 Å². The Morgan fingerprint density at radius 1 is 1.43 bits per heavy atom. The molecule has 2 aromatic rings. The van der Waals surface area contributed by atoms with Gasteiger partial charge in [-0.1, -0.05) is 29.4 Å². The summed E-state index contributed by atoms with van der Waals surface area (Å²) in [5.41, 5.74) is 0.222. The predicted molar refractivity (Wildman–Crippen MR) is 79.7 cm³/mol. The third kappa shape index (κ3) is 3.62. The number of thioether (sulfide) groups is 1. The maximum atomic E-state index is 12.0. The number of carbonyl (C=O) groups excluding carboxylic acids is 1. The molecule has 0 N–H and O–H groups in total. The number of carbonyl (C=O) groups is 1. The number of esters is 1. The first-order valence-corrected chi connectivity index (χ1v) is 7.54. The van der Waals surface area contributed by atoms with E-state index < -0.39 is 5.97 Å². The van der Waals surface area contributed by atoms with Crippen LogP contribution in [0.15, 0.2) is 34.2 Å². The monoisotopic (exact) mass is 325 g/mol. The van der Waals surface area contributed by atoms with Crippen LogP contribution in [0.3, 0.4) is 0 Å². The zero-order valence-electron chi connectivity index (χ0n) is 11.4. The number of nitrogens with zero attached hydrogens (tertiary/aromatic N) is 3. The van der Waals surface area contributed by atoms with E-state index in [1.54, 1.807) is 31.4 Å². The smallest absolute Gasteiger partial charge is 0.339 e. The van der Waals surface area contributed by atoms with Crippen LogP contribution in [-0.4, -0.2) is 27.0 Å². The fourth-order valence-electron chi connectivity index (χ4n) is 1.58. The lowest BCUT2D eigenvalue weighted by Crippen LogP contribution is -2.28. The second kappa shape index (κ2) is 6.73. The van der Waals surface area contributed by atoms with Crippen molar-refractivity contribution in [2.75, 3.05) is 6.26 Å². The number of aromatic nitrogens is 3. The normalized spacial score (nSPS) is 10.4. The van der Waals surface area contributed by atoms with E-state index in [1.165, 1.54) is 22.4 Å². The van der Waals surface area contributed by atoms with Gasteiger partial charge in [0.05, 0.1) is 5.56 Å². The lowest BCUT2D eigenvalue weighted by atomic mass is 10.2. The molecule has 8 heteroatoms. The average Bonchev–Trinajstić information content (AvgIpc) is 2.48. The highest BCUT2D eigenvalue weighted by molar-refractivity contribution is 7.98. The van der Waals surface area contributed by atoms with E-state index in [4.69, 9.17) is 16.3 Å². The molecule has 0 saturated heterocycles. The largest absolute Gasteiger partial charge is 0.440 e. The number of halogens is 1. The van der Waals surface area contributed by atoms with Gasteiger partial charge >= 0.3 is 5.97 Å². The molecule has 1 aromatic carbocycles. The summed E-state index contributed by atoms with van der Waals surface area (Å²) in [6.45, 7) is 1.32. The number of rotatable bonds is 4. The molecule has 21 heavy (non-hydrogen) atoms. The number of aryl methyl sites for hydroxylation is 1. The molecule has 0 aliphatic rings. The van der Waals surface area contributed by atoms with Crippen LogP contribution in [0.5, 0.6) is 0 Å². The van der Waals surface area contributed by atoms with Gasteiger partial charge in [0.15, 0.2) is 11.9 Å². The highest BCUT2D eigenvalue weighted by Crippen LogP contribution is 2.13. The Balaban J connectivity index is 2.19. The minimum atomic E-state index is -0.564. The Hall–Kier alpha value is -1.86. The molecule has 0 atom stereocenters. The number of ether oxygens (including phenoxy) is 1. The Kier molecular flexibility index (Phi) is 4.98. The summed E-state index contributed by atoms with van der Waals surface area (Å²) in [6.07, 6.45) is 1.76. The molecule has 0 radical (unpaired) electrons. The van der Waals surface area contributed by atoms with Crippen molar-refractivity contribution in [2.24, 2.45) is 0 Å². The maximum absolute atomic E-state index is 12.0. The summed E-state index contributed by atoms with van der Waals surface area (Å²) in [6, 6.07) is 6.39. The van der Waals surface area contributed by atoms with Crippen molar-refractivity contribution in [3.8, 4) is 0 Å². The molecule has 0 fully saturated rings. The van der Waals surface area contributed by atoms with Gasteiger partial charge in [-0.2, -0.15) is 0 Å². The quantitative estimate of drug-likeness (QED) is 0.633. The number of benzene rings is 1. The van der Waals surface area contributed by atoms with Crippen molar-refractivity contribution >= 4 is 29.3 Å². The van der Waals surface area contributed by atoms with E-state index in [0.29, 0.717) is 15.7 Å². The lowest BCUT2D eigenvalue weighted by Gasteiger charge is -2.10. The van der Waals surface area contributed by atoms with Crippen molar-refractivity contribution in [3.63, 3.8) is 0 Å². The van der Waals surface area contributed by atoms with Gasteiger partial charge < -0.3 is 4.74 Å². The first kappa shape index (κ1) is 15.5. The molecular formula is C13H12ClN3O3S. The first-order valence-electron chi connectivity index (χ1n) is 5.93. The van der Waals surface area contributed by atoms with Crippen molar-refractivity contribution in [1.29, 1.82) is 0 Å². The molecule has 0 saturated carbocycles. The molecule has 110 valence electrons. The predicted octanol–water partition coefficient (Wildman–Crippen LogP) is 2.14. The lowest BCUT2D eigenvalue weighted by molar-refractivity contribution is 0.0345. The summed E-state index contributed by atoms with van der Waals surface area (Å²) in [5.74, 6) is -0.564. The SMILES string of the molecule is CSc1nnc(C)c(=O)n1COC(=O)c1cccc(Cl)c1. The minimum Gasteiger partial charge on any atom is -0.440 e. The van der Waals surface area contributed by atoms with Gasteiger partial charge in [0.1, 0.15) is 5.69 Å². The van der Waals surface area contributed by atoms with Crippen molar-refractivity contribution < 1.29 is 9.53 Å². The van der Waals surface area contributed by atoms with Gasteiger partial charge in [-0.05, 0) is 31.4 Å². The van der Waals surface area contributed by atoms with Crippen LogP contribution in [0.4, 0.5) is 0 Å². The Labute approximate surface area is 130 Å². The molecule has 2 rings (SSSR count). The van der Waals surface area contributed by atoms with E-state index in [2.05, 4.69) is 10.2 Å². The molecule has 0 bridgehead atoms. The third-order valence-corrected chi connectivity index (χ3v) is 3.54. The Bertz CT molecular complexity index is 733. The average molecular weight is 326 g/mol. The maximum Gasteiger partial charge on any atom is 0.339 e. The number of hydrogen-bond acceptors (Lipinski definition) is 6. The van der Waals surface area contributed by atoms with Crippen LogP contribution in [0.25, 0.3) is 0 Å². The molecule has 0 aliphatic carbocycles. The molecule has 1 aromatic heterocycles. The van der Waals surface area contributed by atoms with Crippen molar-refractivity contribution in [1.82, 2.24) is 14.8 Å². The third-order valence-electron chi connectivity index (χ3n) is 2.64. The van der Waals surface area contributed by atoms with Crippen LogP contribution in [0.2, 0.25) is 5.02 Å². The fraction of sp³-hybridized carbons (Fsp3) is 0.231. The van der Waals surface area contributed by atoms with Crippen LogP contribution in [0.1, 0.15) is 16.1 Å². The fourth-order valence-corrected chi connectivity index (χ4v) is 2.25. The van der Waals surface area contributed by atoms with E-state index in [1.807, 2.05) is 0 Å². The molecule has 6 nitrogen and oxygen atoms in total. The topological polar surface area (TPSA) is 74.1 Å². The summed E-state index contributed by atoms with van der Waals surface area (Å²) in [5, 5.41) is 8.45. The number of hydrogen-bond donors (Lipinski definition) is 0. The van der Waals surface area contributed by atoms with Gasteiger partial charge in [0, 0.05) is 5.02 Å². The van der Waals surface area contributed by atoms with E-state index in [0.717, 1.165) is 0 Å². The van der Waals surface area contributed by atoms with Crippen LogP contribution >= 0.6 is 23.4 Å². The van der Waals surface area contributed by atoms with E-state index in [9.17, 15) is 9.59 Å². The molecule has 0 amide bonds. The molecular weight excluding hydrogens is 314 g/mol. The minimum absolute atomic E-state index is 0.225. The van der Waals surface area contributed by atoms with Gasteiger partial charge in [0.25, 0.3) is 5.56 Å². The zero-order chi connectivity index (χ0) is 15.4. The second-order valence-electron chi connectivity index (χ2n) is 4.08. The summed E-state index contributed by atoms with van der Waals surface area (Å²) in [4.78, 5) is 23.9. The zero-order valence-corrected chi connectivity index (χ0v) is 12.9. The molecule has 0 unspecified atom stereocenters. The Morgan fingerprint density at radius 2 is 2.19 bits per heavy atom. The second-order valence-corrected chi connectivity index (χ2v) is 5.29.